The summed E-state index contributed by atoms with van der Waals surface area (Å²) in [7, 11) is 0. The molecule has 5 rings (SSSR count). The molecule has 0 bridgehead atoms. The lowest BCUT2D eigenvalue weighted by atomic mass is 9.71. The van der Waals surface area contributed by atoms with Gasteiger partial charge in [-0.1, -0.05) is 36.2 Å². The van der Waals surface area contributed by atoms with E-state index in [1.54, 1.807) is 0 Å². The highest BCUT2D eigenvalue weighted by Crippen LogP contribution is 2.51. The molecule has 6 heteroatoms. The zero-order valence-corrected chi connectivity index (χ0v) is 25.1. The lowest BCUT2D eigenvalue weighted by Crippen LogP contribution is -2.39. The Morgan fingerprint density at radius 2 is 1.46 bits per heavy atom. The summed E-state index contributed by atoms with van der Waals surface area (Å²) in [6.07, 6.45) is 5.50. The van der Waals surface area contributed by atoms with Crippen molar-refractivity contribution in [2.24, 2.45) is 0 Å². The van der Waals surface area contributed by atoms with Crippen molar-refractivity contribution in [2.45, 2.75) is 85.2 Å². The first-order valence-electron chi connectivity index (χ1n) is 14.3. The Morgan fingerprint density at radius 3 is 2.03 bits per heavy atom. The van der Waals surface area contributed by atoms with E-state index in [0.29, 0.717) is 37.6 Å². The Morgan fingerprint density at radius 1 is 0.846 bits per heavy atom. The Bertz CT molecular complexity index is 1310. The topological polar surface area (TPSA) is 55.8 Å². The third-order valence-electron chi connectivity index (χ3n) is 7.86. The molecular formula is C33H38BrNO4. The maximum Gasteiger partial charge on any atom is 0.175 e. The summed E-state index contributed by atoms with van der Waals surface area (Å²) in [6.45, 7) is 10.0. The predicted molar refractivity (Wildman–Crippen MR) is 157 cm³/mol. The highest BCUT2D eigenvalue weighted by molar-refractivity contribution is 9.10. The maximum absolute atomic E-state index is 13.5. The third kappa shape index (κ3) is 5.45. The minimum absolute atomic E-state index is 0.163. The number of carbonyl (C=O) groups is 2. The molecule has 206 valence electrons. The van der Waals surface area contributed by atoms with Gasteiger partial charge in [0.2, 0.25) is 0 Å². The molecule has 0 saturated heterocycles. The van der Waals surface area contributed by atoms with Crippen LogP contribution in [-0.4, -0.2) is 29.6 Å². The van der Waals surface area contributed by atoms with E-state index >= 15 is 0 Å². The van der Waals surface area contributed by atoms with Gasteiger partial charge in [-0.15, -0.1) is 0 Å². The van der Waals surface area contributed by atoms with Gasteiger partial charge >= 0.3 is 0 Å². The number of rotatable bonds is 8. The molecule has 0 atom stereocenters. The van der Waals surface area contributed by atoms with E-state index in [-0.39, 0.29) is 17.5 Å². The van der Waals surface area contributed by atoms with Crippen molar-refractivity contribution < 1.29 is 19.1 Å². The fraction of sp³-hybridized carbons (Fsp3) is 0.455. The normalized spacial score (nSPS) is 17.9. The highest BCUT2D eigenvalue weighted by atomic mass is 79.9. The minimum atomic E-state index is -0.368. The number of allylic oxidation sites excluding steroid dienone is 4. The van der Waals surface area contributed by atoms with Gasteiger partial charge in [0, 0.05) is 47.8 Å². The van der Waals surface area contributed by atoms with E-state index in [1.807, 2.05) is 19.1 Å². The molecule has 2 aromatic carbocycles. The van der Waals surface area contributed by atoms with Crippen molar-refractivity contribution in [3.63, 3.8) is 0 Å². The van der Waals surface area contributed by atoms with Gasteiger partial charge in [-0.3, -0.25) is 9.59 Å². The fourth-order valence-electron chi connectivity index (χ4n) is 6.51. The number of Topliss-reactive ketones (excluding diaryl/α,β-unsaturated/α-hetero) is 2. The van der Waals surface area contributed by atoms with Crippen molar-refractivity contribution in [2.75, 3.05) is 13.2 Å². The van der Waals surface area contributed by atoms with Crippen molar-refractivity contribution in [1.29, 1.82) is 0 Å². The van der Waals surface area contributed by atoms with Crippen molar-refractivity contribution in [1.82, 2.24) is 4.90 Å². The zero-order valence-electron chi connectivity index (χ0n) is 23.5. The SMILES string of the molecule is CCCN1C2=C(C(=O)CCC2)C(c2cc(Br)c(OCc3cc(C)cc(C)c3)c(OCC)c2)C2=C1CCCC2=O. The number of carbonyl (C=O) groups excluding carboxylic acids is 2. The Hall–Kier alpha value is -2.86. The van der Waals surface area contributed by atoms with Gasteiger partial charge in [-0.25, -0.2) is 0 Å². The number of ketones is 2. The van der Waals surface area contributed by atoms with Crippen molar-refractivity contribution >= 4 is 27.5 Å². The lowest BCUT2D eigenvalue weighted by Gasteiger charge is -2.44. The molecule has 0 radical (unpaired) electrons. The van der Waals surface area contributed by atoms with Crippen LogP contribution in [0.25, 0.3) is 0 Å². The van der Waals surface area contributed by atoms with Crippen LogP contribution in [0.3, 0.4) is 0 Å². The van der Waals surface area contributed by atoms with E-state index in [2.05, 4.69) is 59.8 Å². The summed E-state index contributed by atoms with van der Waals surface area (Å²) in [6, 6.07) is 10.4. The molecule has 5 nitrogen and oxygen atoms in total. The molecule has 0 amide bonds. The molecule has 3 aliphatic rings. The van der Waals surface area contributed by atoms with E-state index < -0.39 is 0 Å². The Balaban J connectivity index is 1.60. The number of halogens is 1. The van der Waals surface area contributed by atoms with Crippen LogP contribution in [0.4, 0.5) is 0 Å². The molecular weight excluding hydrogens is 554 g/mol. The molecule has 0 saturated carbocycles. The molecule has 0 N–H and O–H groups in total. The largest absolute Gasteiger partial charge is 0.490 e. The van der Waals surface area contributed by atoms with Gasteiger partial charge in [0.05, 0.1) is 11.1 Å². The number of aryl methyl sites for hydroxylation is 2. The third-order valence-corrected chi connectivity index (χ3v) is 8.45. The van der Waals surface area contributed by atoms with Crippen LogP contribution >= 0.6 is 15.9 Å². The molecule has 1 heterocycles. The number of hydrogen-bond donors (Lipinski definition) is 0. The van der Waals surface area contributed by atoms with Crippen molar-refractivity contribution in [3.8, 4) is 11.5 Å². The molecule has 0 aromatic heterocycles. The van der Waals surface area contributed by atoms with Crippen LogP contribution in [0.15, 0.2) is 57.3 Å². The maximum atomic E-state index is 13.5. The lowest BCUT2D eigenvalue weighted by molar-refractivity contribution is -0.117. The predicted octanol–water partition coefficient (Wildman–Crippen LogP) is 7.87. The second-order valence-corrected chi connectivity index (χ2v) is 11.8. The molecule has 0 spiro atoms. The van der Waals surface area contributed by atoms with E-state index in [1.165, 1.54) is 11.1 Å². The van der Waals surface area contributed by atoms with Gasteiger partial charge < -0.3 is 14.4 Å². The first kappa shape index (κ1) is 27.7. The van der Waals surface area contributed by atoms with Crippen LogP contribution in [0.1, 0.15) is 87.0 Å². The fourth-order valence-corrected chi connectivity index (χ4v) is 7.08. The molecule has 39 heavy (non-hydrogen) atoms. The van der Waals surface area contributed by atoms with Crippen LogP contribution in [0.2, 0.25) is 0 Å². The Labute approximate surface area is 240 Å². The van der Waals surface area contributed by atoms with Gasteiger partial charge in [-0.05, 0) is 92.1 Å². The highest BCUT2D eigenvalue weighted by Gasteiger charge is 2.43. The monoisotopic (exact) mass is 591 g/mol. The van der Waals surface area contributed by atoms with Crippen molar-refractivity contribution in [3.05, 3.63) is 79.6 Å². The molecule has 2 aromatic rings. The average molecular weight is 593 g/mol. The van der Waals surface area contributed by atoms with E-state index in [0.717, 1.165) is 76.8 Å². The van der Waals surface area contributed by atoms with Gasteiger partial charge in [-0.2, -0.15) is 0 Å². The minimum Gasteiger partial charge on any atom is -0.490 e. The summed E-state index contributed by atoms with van der Waals surface area (Å²) < 4.78 is 13.2. The number of ether oxygens (including phenoxy) is 2. The first-order valence-corrected chi connectivity index (χ1v) is 15.1. The molecule has 0 fully saturated rings. The Kier molecular flexibility index (Phi) is 8.32. The summed E-state index contributed by atoms with van der Waals surface area (Å²) in [5.41, 5.74) is 8.26. The zero-order chi connectivity index (χ0) is 27.7. The standard InChI is InChI=1S/C33H38BrNO4/c1-5-13-35-25-9-7-11-27(36)31(25)30(32-26(35)10-8-12-28(32)37)23-17-24(34)33(29(18-23)38-6-2)39-19-22-15-20(3)14-21(4)16-22/h14-18,30H,5-13,19H2,1-4H3. The van der Waals surface area contributed by atoms with Gasteiger partial charge in [0.1, 0.15) is 6.61 Å². The van der Waals surface area contributed by atoms with Crippen LogP contribution in [0, 0.1) is 13.8 Å². The second-order valence-electron chi connectivity index (χ2n) is 10.9. The van der Waals surface area contributed by atoms with Crippen LogP contribution < -0.4 is 9.47 Å². The van der Waals surface area contributed by atoms with Gasteiger partial charge in [0.15, 0.2) is 23.1 Å². The second kappa shape index (κ2) is 11.7. The number of hydrogen-bond acceptors (Lipinski definition) is 5. The summed E-state index contributed by atoms with van der Waals surface area (Å²) in [4.78, 5) is 29.4. The first-order chi connectivity index (χ1) is 18.8. The quantitative estimate of drug-likeness (QED) is 0.312. The summed E-state index contributed by atoms with van der Waals surface area (Å²) in [5, 5.41) is 0. The number of benzene rings is 2. The van der Waals surface area contributed by atoms with E-state index in [4.69, 9.17) is 9.47 Å². The van der Waals surface area contributed by atoms with Gasteiger partial charge in [0.25, 0.3) is 0 Å². The summed E-state index contributed by atoms with van der Waals surface area (Å²) >= 11 is 3.76. The molecule has 2 aliphatic carbocycles. The summed E-state index contributed by atoms with van der Waals surface area (Å²) in [5.74, 6) is 1.22. The average Bonchev–Trinajstić information content (AvgIpc) is 2.88. The number of nitrogens with zero attached hydrogens (tertiary/aromatic N) is 1. The van der Waals surface area contributed by atoms with Crippen LogP contribution in [0.5, 0.6) is 11.5 Å². The van der Waals surface area contributed by atoms with Crippen LogP contribution in [-0.2, 0) is 16.2 Å². The smallest absolute Gasteiger partial charge is 0.175 e. The molecule has 1 aliphatic heterocycles. The van der Waals surface area contributed by atoms with E-state index in [9.17, 15) is 9.59 Å². The molecule has 0 unspecified atom stereocenters.